The van der Waals surface area contributed by atoms with Crippen LogP contribution in [-0.2, 0) is 23.2 Å². The highest BCUT2D eigenvalue weighted by Crippen LogP contribution is 2.33. The maximum absolute atomic E-state index is 13.1. The first-order valence-corrected chi connectivity index (χ1v) is 14.9. The molecule has 1 aliphatic rings. The maximum Gasteiger partial charge on any atom is 0.322 e. The van der Waals surface area contributed by atoms with Gasteiger partial charge in [-0.25, -0.2) is 4.79 Å². The lowest BCUT2D eigenvalue weighted by atomic mass is 9.82. The van der Waals surface area contributed by atoms with Gasteiger partial charge in [-0.2, -0.15) is 0 Å². The van der Waals surface area contributed by atoms with Gasteiger partial charge in [0.1, 0.15) is 0 Å². The van der Waals surface area contributed by atoms with Crippen LogP contribution in [0, 0.1) is 0 Å². The van der Waals surface area contributed by atoms with Crippen LogP contribution in [0.3, 0.4) is 0 Å². The van der Waals surface area contributed by atoms with Gasteiger partial charge in [0.15, 0.2) is 5.54 Å². The molecule has 0 unspecified atom stereocenters. The third-order valence-corrected chi connectivity index (χ3v) is 7.78. The largest absolute Gasteiger partial charge is 0.322 e. The minimum Gasteiger partial charge on any atom is -0.316 e. The van der Waals surface area contributed by atoms with E-state index < -0.39 is 11.6 Å². The predicted octanol–water partition coefficient (Wildman–Crippen LogP) is 8.36. The van der Waals surface area contributed by atoms with Crippen molar-refractivity contribution >= 4 is 11.9 Å². The monoisotopic (exact) mass is 504 g/mol. The first-order valence-electron chi connectivity index (χ1n) is 14.9. The number of carbonyl (C=O) groups excluding carboxylic acids is 2. The molecule has 0 bridgehead atoms. The summed E-state index contributed by atoms with van der Waals surface area (Å²) in [5.74, 6) is -0.308. The van der Waals surface area contributed by atoms with E-state index in [9.17, 15) is 9.59 Å². The van der Waals surface area contributed by atoms with Gasteiger partial charge in [0, 0.05) is 0 Å². The van der Waals surface area contributed by atoms with E-state index in [1.54, 1.807) is 0 Å². The van der Waals surface area contributed by atoms with E-state index in [4.69, 9.17) is 0 Å². The predicted molar refractivity (Wildman–Crippen MR) is 154 cm³/mol. The van der Waals surface area contributed by atoms with Crippen LogP contribution in [0.15, 0.2) is 48.5 Å². The molecule has 3 rings (SSSR count). The van der Waals surface area contributed by atoms with Crippen molar-refractivity contribution in [2.45, 2.75) is 122 Å². The summed E-state index contributed by atoms with van der Waals surface area (Å²) in [5.41, 5.74) is 3.00. The number of hydrogen-bond donors (Lipinski definition) is 2. The number of nitrogens with one attached hydrogen (secondary N) is 2. The van der Waals surface area contributed by atoms with E-state index in [0.717, 1.165) is 24.0 Å². The van der Waals surface area contributed by atoms with Crippen LogP contribution in [0.2, 0.25) is 0 Å². The van der Waals surface area contributed by atoms with Gasteiger partial charge in [-0.1, -0.05) is 139 Å². The molecule has 2 N–H and O–H groups in total. The average Bonchev–Trinajstić information content (AvgIpc) is 3.22. The fourth-order valence-electron chi connectivity index (χ4n) is 5.44. The molecule has 0 saturated carbocycles. The molecule has 1 fully saturated rings. The van der Waals surface area contributed by atoms with Crippen LogP contribution >= 0.6 is 0 Å². The number of benzene rings is 2. The standard InChI is InChI=1S/C33H48N2O2/c1-3-5-7-9-11-13-15-17-27-19-23-29(24-20-27)33(31(36)34-32(37)35-33)30-25-21-28(22-26-30)18-16-14-12-10-8-6-4-2/h19-26H,3-18H2,1-2H3,(H2,34,35,36,37). The summed E-state index contributed by atoms with van der Waals surface area (Å²) in [6.07, 6.45) is 20.2. The van der Waals surface area contributed by atoms with Crippen LogP contribution in [-0.4, -0.2) is 11.9 Å². The third kappa shape index (κ3) is 8.45. The van der Waals surface area contributed by atoms with Gasteiger partial charge in [0.05, 0.1) is 0 Å². The Bertz CT molecular complexity index is 888. The molecule has 2 aromatic carbocycles. The van der Waals surface area contributed by atoms with Crippen LogP contribution < -0.4 is 10.6 Å². The summed E-state index contributed by atoms with van der Waals surface area (Å²) in [5, 5.41) is 5.41. The molecule has 0 radical (unpaired) electrons. The van der Waals surface area contributed by atoms with Crippen LogP contribution in [0.5, 0.6) is 0 Å². The van der Waals surface area contributed by atoms with Crippen molar-refractivity contribution in [2.24, 2.45) is 0 Å². The van der Waals surface area contributed by atoms with Crippen molar-refractivity contribution in [1.29, 1.82) is 0 Å². The number of imide groups is 1. The summed E-state index contributed by atoms with van der Waals surface area (Å²) < 4.78 is 0. The van der Waals surface area contributed by atoms with Crippen molar-refractivity contribution in [1.82, 2.24) is 10.6 Å². The minimum absolute atomic E-state index is 0.308. The first-order chi connectivity index (χ1) is 18.1. The van der Waals surface area contributed by atoms with E-state index in [1.807, 2.05) is 24.3 Å². The van der Waals surface area contributed by atoms with Crippen molar-refractivity contribution in [3.63, 3.8) is 0 Å². The zero-order valence-electron chi connectivity index (χ0n) is 23.2. The zero-order valence-corrected chi connectivity index (χ0v) is 23.2. The fourth-order valence-corrected chi connectivity index (χ4v) is 5.44. The van der Waals surface area contributed by atoms with Gasteiger partial charge in [0.25, 0.3) is 5.91 Å². The first kappa shape index (κ1) is 28.9. The molecule has 4 heteroatoms. The van der Waals surface area contributed by atoms with E-state index >= 15 is 0 Å². The number of aryl methyl sites for hydroxylation is 2. The molecule has 0 aliphatic carbocycles. The van der Waals surface area contributed by atoms with E-state index in [-0.39, 0.29) is 5.91 Å². The Kier molecular flexibility index (Phi) is 12.2. The number of carbonyl (C=O) groups is 2. The molecule has 3 amide bonds. The highest BCUT2D eigenvalue weighted by atomic mass is 16.2. The molecule has 1 aliphatic heterocycles. The van der Waals surface area contributed by atoms with E-state index in [2.05, 4.69) is 48.7 Å². The molecule has 4 nitrogen and oxygen atoms in total. The maximum atomic E-state index is 13.1. The van der Waals surface area contributed by atoms with E-state index in [0.29, 0.717) is 0 Å². The highest BCUT2D eigenvalue weighted by molar-refractivity contribution is 6.09. The van der Waals surface area contributed by atoms with Gasteiger partial charge in [0.2, 0.25) is 0 Å². The lowest BCUT2D eigenvalue weighted by molar-refractivity contribution is -0.122. The van der Waals surface area contributed by atoms with Crippen LogP contribution in [0.1, 0.15) is 126 Å². The molecule has 0 atom stereocenters. The minimum atomic E-state index is -1.17. The highest BCUT2D eigenvalue weighted by Gasteiger charge is 2.49. The molecule has 2 aromatic rings. The van der Waals surface area contributed by atoms with Crippen LogP contribution in [0.4, 0.5) is 4.79 Å². The second kappa shape index (κ2) is 15.6. The summed E-state index contributed by atoms with van der Waals surface area (Å²) in [7, 11) is 0. The second-order valence-electron chi connectivity index (χ2n) is 10.8. The Balaban J connectivity index is 1.59. The van der Waals surface area contributed by atoms with Gasteiger partial charge in [-0.05, 0) is 47.9 Å². The molecule has 0 aromatic heterocycles. The summed E-state index contributed by atoms with van der Waals surface area (Å²) in [6, 6.07) is 16.0. The van der Waals surface area contributed by atoms with Crippen molar-refractivity contribution in [2.75, 3.05) is 0 Å². The Morgan fingerprint density at radius 1 is 0.541 bits per heavy atom. The lowest BCUT2D eigenvalue weighted by Gasteiger charge is -2.27. The average molecular weight is 505 g/mol. The topological polar surface area (TPSA) is 58.2 Å². The smallest absolute Gasteiger partial charge is 0.316 e. The molecular formula is C33H48N2O2. The molecule has 1 saturated heterocycles. The zero-order chi connectivity index (χ0) is 26.3. The molecule has 202 valence electrons. The number of amides is 3. The third-order valence-electron chi connectivity index (χ3n) is 7.78. The molecule has 1 heterocycles. The van der Waals surface area contributed by atoms with Gasteiger partial charge >= 0.3 is 6.03 Å². The number of hydrogen-bond acceptors (Lipinski definition) is 2. The van der Waals surface area contributed by atoms with E-state index in [1.165, 1.54) is 101 Å². The normalized spacial score (nSPS) is 14.5. The summed E-state index contributed by atoms with van der Waals surface area (Å²) in [6.45, 7) is 4.50. The SMILES string of the molecule is CCCCCCCCCc1ccc(C2(c3ccc(CCCCCCCCC)cc3)NC(=O)NC2=O)cc1. The lowest BCUT2D eigenvalue weighted by Crippen LogP contribution is -2.44. The van der Waals surface area contributed by atoms with Crippen LogP contribution in [0.25, 0.3) is 0 Å². The Labute approximate surface area is 225 Å². The van der Waals surface area contributed by atoms with Gasteiger partial charge in [-0.15, -0.1) is 0 Å². The number of rotatable bonds is 18. The Hall–Kier alpha value is -2.62. The van der Waals surface area contributed by atoms with Gasteiger partial charge in [-0.3, -0.25) is 10.1 Å². The Morgan fingerprint density at radius 3 is 1.27 bits per heavy atom. The number of urea groups is 1. The van der Waals surface area contributed by atoms with Gasteiger partial charge < -0.3 is 5.32 Å². The second-order valence-corrected chi connectivity index (χ2v) is 10.8. The molecule has 37 heavy (non-hydrogen) atoms. The van der Waals surface area contributed by atoms with Crippen molar-refractivity contribution in [3.05, 3.63) is 70.8 Å². The van der Waals surface area contributed by atoms with Crippen molar-refractivity contribution < 1.29 is 9.59 Å². The summed E-state index contributed by atoms with van der Waals surface area (Å²) >= 11 is 0. The Morgan fingerprint density at radius 2 is 0.919 bits per heavy atom. The molecule has 0 spiro atoms. The quantitative estimate of drug-likeness (QED) is 0.158. The summed E-state index contributed by atoms with van der Waals surface area (Å²) in [4.78, 5) is 25.4. The fraction of sp³-hybridized carbons (Fsp3) is 0.576. The van der Waals surface area contributed by atoms with Crippen molar-refractivity contribution in [3.8, 4) is 0 Å². The molecular weight excluding hydrogens is 456 g/mol. The number of unbranched alkanes of at least 4 members (excludes halogenated alkanes) is 12.